The average Bonchev–Trinajstić information content (AvgIpc) is 2.56. The quantitative estimate of drug-likeness (QED) is 0.235. The van der Waals surface area contributed by atoms with Gasteiger partial charge >= 0.3 is 148 Å². The van der Waals surface area contributed by atoms with Gasteiger partial charge in [0.15, 0.2) is 0 Å². The second-order valence-corrected chi connectivity index (χ2v) is 5.61. The number of carbonyl (C=O) groups excluding carboxylic acids is 5. The first kappa shape index (κ1) is 66.0. The van der Waals surface area contributed by atoms with Gasteiger partial charge in [-0.25, -0.2) is 0 Å². The van der Waals surface area contributed by atoms with Crippen molar-refractivity contribution >= 4 is 29.8 Å². The molecule has 0 N–H and O–H groups in total. The number of carbonyl (C=O) groups is 5. The summed E-state index contributed by atoms with van der Waals surface area (Å²) in [7, 11) is 0. The molecule has 0 saturated carbocycles. The Morgan fingerprint density at radius 2 is 0.429 bits per heavy atom. The van der Waals surface area contributed by atoms with E-state index in [9.17, 15) is 49.5 Å². The minimum absolute atomic E-state index is 0. The third kappa shape index (κ3) is 142. The van der Waals surface area contributed by atoms with Crippen LogP contribution in [0.25, 0.3) is 0 Å². The fourth-order valence-corrected chi connectivity index (χ4v) is 1.02. The fraction of sp³-hybridized carbons (Fsp3) is 0.750. The van der Waals surface area contributed by atoms with Crippen LogP contribution < -0.4 is 173 Å². The van der Waals surface area contributed by atoms with Gasteiger partial charge in [0.1, 0.15) is 0 Å². The van der Waals surface area contributed by atoms with E-state index >= 15 is 0 Å². The van der Waals surface area contributed by atoms with Crippen LogP contribution in [0.3, 0.4) is 0 Å². The van der Waals surface area contributed by atoms with Gasteiger partial charge in [0.05, 0.1) is 0 Å². The number of rotatable bonds is 10. The standard InChI is InChI=1S/5C4H8O2.5Na/c5*1-2-3-4(5)6;;;;;/h5*2-3H2,1H3,(H,5,6);;;;;/q;;;;;5*+1/p-5. The van der Waals surface area contributed by atoms with Gasteiger partial charge in [-0.15, -0.1) is 0 Å². The van der Waals surface area contributed by atoms with E-state index in [0.29, 0.717) is 32.1 Å². The Morgan fingerprint density at radius 1 is 0.343 bits per heavy atom. The molecular formula is C20H35Na5O10. The minimum atomic E-state index is -0.961. The van der Waals surface area contributed by atoms with Gasteiger partial charge in [0.25, 0.3) is 0 Å². The molecule has 0 aliphatic carbocycles. The molecule has 0 atom stereocenters. The molecule has 0 heterocycles. The van der Waals surface area contributed by atoms with Gasteiger partial charge in [-0.05, 0) is 32.1 Å². The summed E-state index contributed by atoms with van der Waals surface area (Å²) in [6.45, 7) is 9.01. The normalized spacial score (nSPS) is 7.00. The van der Waals surface area contributed by atoms with Crippen LogP contribution in [-0.2, 0) is 24.0 Å². The summed E-state index contributed by atoms with van der Waals surface area (Å²) in [4.78, 5) is 47.4. The molecule has 180 valence electrons. The maximum absolute atomic E-state index is 9.49. The Hall–Kier alpha value is 2.35. The Balaban J connectivity index is -0.0000000269. The van der Waals surface area contributed by atoms with Crippen molar-refractivity contribution in [3.8, 4) is 0 Å². The van der Waals surface area contributed by atoms with Gasteiger partial charge in [-0.2, -0.15) is 0 Å². The second kappa shape index (κ2) is 60.7. The maximum Gasteiger partial charge on any atom is 1.00 e. The summed E-state index contributed by atoms with van der Waals surface area (Å²) in [6.07, 6.45) is 4.25. The predicted octanol–water partition coefficient (Wildman–Crippen LogP) is -17.3. The predicted molar refractivity (Wildman–Crippen MR) is 99.6 cm³/mol. The van der Waals surface area contributed by atoms with E-state index in [-0.39, 0.29) is 180 Å². The third-order valence-electron chi connectivity index (χ3n) is 2.27. The molecule has 0 aromatic heterocycles. The Morgan fingerprint density at radius 3 is 0.429 bits per heavy atom. The van der Waals surface area contributed by atoms with Gasteiger partial charge in [-0.3, -0.25) is 0 Å². The smallest absolute Gasteiger partial charge is 0.550 e. The van der Waals surface area contributed by atoms with E-state index in [1.807, 2.05) is 0 Å². The van der Waals surface area contributed by atoms with E-state index in [1.165, 1.54) is 0 Å². The second-order valence-electron chi connectivity index (χ2n) is 5.61. The SMILES string of the molecule is CCCC(=O)[O-].CCCC(=O)[O-].CCCC(=O)[O-].CCCC(=O)[O-].CCCC(=O)[O-].[Na+].[Na+].[Na+].[Na+].[Na+]. The molecule has 0 spiro atoms. The van der Waals surface area contributed by atoms with Crippen molar-refractivity contribution in [3.05, 3.63) is 0 Å². The number of hydrogen-bond donors (Lipinski definition) is 0. The molecule has 0 aromatic carbocycles. The Bertz CT molecular complexity index is 361. The van der Waals surface area contributed by atoms with Crippen LogP contribution in [0.2, 0.25) is 0 Å². The number of aliphatic carboxylic acids is 5. The number of hydrogen-bond acceptors (Lipinski definition) is 10. The fourth-order valence-electron chi connectivity index (χ4n) is 1.02. The summed E-state index contributed by atoms with van der Waals surface area (Å²) in [5.74, 6) is -4.80. The molecule has 0 fully saturated rings. The zero-order valence-corrected chi connectivity index (χ0v) is 33.7. The summed E-state index contributed by atoms with van der Waals surface area (Å²) >= 11 is 0. The maximum atomic E-state index is 9.49. The van der Waals surface area contributed by atoms with Gasteiger partial charge in [-0.1, -0.05) is 66.7 Å². The summed E-state index contributed by atoms with van der Waals surface area (Å²) in [6, 6.07) is 0. The number of carboxylic acid groups (broad SMARTS) is 5. The van der Waals surface area contributed by atoms with Crippen molar-refractivity contribution in [3.63, 3.8) is 0 Å². The van der Waals surface area contributed by atoms with Crippen molar-refractivity contribution < 1.29 is 197 Å². The topological polar surface area (TPSA) is 201 Å². The van der Waals surface area contributed by atoms with Crippen molar-refractivity contribution in [2.24, 2.45) is 0 Å². The van der Waals surface area contributed by atoms with E-state index in [2.05, 4.69) is 0 Å². The molecule has 15 heteroatoms. The first-order valence-corrected chi connectivity index (χ1v) is 9.84. The van der Waals surface area contributed by atoms with Gasteiger partial charge < -0.3 is 49.5 Å². The Labute approximate surface area is 321 Å². The van der Waals surface area contributed by atoms with Crippen LogP contribution in [0.15, 0.2) is 0 Å². The van der Waals surface area contributed by atoms with Crippen LogP contribution in [0.4, 0.5) is 0 Å². The molecule has 0 rings (SSSR count). The van der Waals surface area contributed by atoms with Gasteiger partial charge in [0.2, 0.25) is 0 Å². The molecule has 0 bridgehead atoms. The zero-order valence-electron chi connectivity index (χ0n) is 23.7. The van der Waals surface area contributed by atoms with Crippen LogP contribution in [-0.4, -0.2) is 29.8 Å². The molecule has 0 unspecified atom stereocenters. The molecular weight excluding hydrogens is 515 g/mol. The largest absolute Gasteiger partial charge is 1.00 e. The summed E-state index contributed by atoms with van der Waals surface area (Å²) in [5.41, 5.74) is 0. The summed E-state index contributed by atoms with van der Waals surface area (Å²) in [5, 5.41) is 47.4. The van der Waals surface area contributed by atoms with Crippen molar-refractivity contribution in [2.75, 3.05) is 0 Å². The molecule has 10 nitrogen and oxygen atoms in total. The minimum Gasteiger partial charge on any atom is -0.550 e. The third-order valence-corrected chi connectivity index (χ3v) is 2.27. The molecule has 0 aliphatic rings. The zero-order chi connectivity index (χ0) is 25.0. The monoisotopic (exact) mass is 550 g/mol. The molecule has 35 heavy (non-hydrogen) atoms. The first-order valence-electron chi connectivity index (χ1n) is 9.84. The van der Waals surface area contributed by atoms with Crippen molar-refractivity contribution in [2.45, 2.75) is 98.8 Å². The molecule has 0 amide bonds. The van der Waals surface area contributed by atoms with Crippen LogP contribution in [0, 0.1) is 0 Å². The van der Waals surface area contributed by atoms with Crippen LogP contribution in [0.1, 0.15) is 98.8 Å². The van der Waals surface area contributed by atoms with E-state index in [0.717, 1.165) is 0 Å². The molecule has 0 aromatic rings. The van der Waals surface area contributed by atoms with E-state index in [1.54, 1.807) is 34.6 Å². The van der Waals surface area contributed by atoms with Crippen LogP contribution >= 0.6 is 0 Å². The summed E-state index contributed by atoms with van der Waals surface area (Å²) < 4.78 is 0. The van der Waals surface area contributed by atoms with Crippen LogP contribution in [0.5, 0.6) is 0 Å². The molecule has 0 saturated heterocycles. The van der Waals surface area contributed by atoms with E-state index in [4.69, 9.17) is 0 Å². The first-order chi connectivity index (χ1) is 13.9. The number of carboxylic acids is 5. The van der Waals surface area contributed by atoms with Crippen molar-refractivity contribution in [1.29, 1.82) is 0 Å². The van der Waals surface area contributed by atoms with Crippen molar-refractivity contribution in [1.82, 2.24) is 0 Å². The molecule has 0 aliphatic heterocycles. The Kier molecular flexibility index (Phi) is 114. The van der Waals surface area contributed by atoms with Gasteiger partial charge in [0, 0.05) is 29.8 Å². The average molecular weight is 550 g/mol. The molecule has 0 radical (unpaired) electrons. The van der Waals surface area contributed by atoms with E-state index < -0.39 is 29.8 Å².